The molecule has 110 valence electrons. The largest absolute Gasteiger partial charge is 0.472 e. The fourth-order valence-corrected chi connectivity index (χ4v) is 1.99. The van der Waals surface area contributed by atoms with Crippen LogP contribution >= 0.6 is 0 Å². The number of hydrogen-bond acceptors (Lipinski definition) is 5. The van der Waals surface area contributed by atoms with Gasteiger partial charge in [0.1, 0.15) is 6.10 Å². The van der Waals surface area contributed by atoms with Crippen molar-refractivity contribution in [2.75, 3.05) is 26.9 Å². The van der Waals surface area contributed by atoms with Gasteiger partial charge in [0.05, 0.1) is 19.8 Å². The third-order valence-corrected chi connectivity index (χ3v) is 2.97. The van der Waals surface area contributed by atoms with Crippen molar-refractivity contribution in [2.24, 2.45) is 0 Å². The first-order valence-electron chi connectivity index (χ1n) is 6.69. The monoisotopic (exact) mass is 280 g/mol. The third kappa shape index (κ3) is 4.18. The number of carbonyl (C=O) groups excluding carboxylic acids is 1. The summed E-state index contributed by atoms with van der Waals surface area (Å²) >= 11 is 0. The standard InChI is InChI=1S/C14H20N2O4/c1-10(8-18-2)16-14(17)11-3-5-15-13(7-11)20-12-4-6-19-9-12/h3,5,7,10,12H,4,6,8-9H2,1-2H3,(H,16,17). The van der Waals surface area contributed by atoms with E-state index in [1.165, 1.54) is 0 Å². The normalized spacial score (nSPS) is 19.6. The third-order valence-electron chi connectivity index (χ3n) is 2.97. The average Bonchev–Trinajstić information content (AvgIpc) is 2.92. The van der Waals surface area contributed by atoms with Crippen LogP contribution in [0.4, 0.5) is 0 Å². The highest BCUT2D eigenvalue weighted by Gasteiger charge is 2.18. The molecule has 1 saturated heterocycles. The van der Waals surface area contributed by atoms with Crippen molar-refractivity contribution in [1.29, 1.82) is 0 Å². The van der Waals surface area contributed by atoms with Crippen LogP contribution in [0.2, 0.25) is 0 Å². The van der Waals surface area contributed by atoms with Crippen LogP contribution in [-0.2, 0) is 9.47 Å². The lowest BCUT2D eigenvalue weighted by Gasteiger charge is -2.14. The maximum absolute atomic E-state index is 12.0. The minimum Gasteiger partial charge on any atom is -0.472 e. The molecule has 6 nitrogen and oxygen atoms in total. The van der Waals surface area contributed by atoms with E-state index in [4.69, 9.17) is 14.2 Å². The fraction of sp³-hybridized carbons (Fsp3) is 0.571. The Hall–Kier alpha value is -1.66. The summed E-state index contributed by atoms with van der Waals surface area (Å²) in [5.41, 5.74) is 0.525. The van der Waals surface area contributed by atoms with Crippen molar-refractivity contribution >= 4 is 5.91 Å². The van der Waals surface area contributed by atoms with Gasteiger partial charge >= 0.3 is 0 Å². The first-order valence-corrected chi connectivity index (χ1v) is 6.69. The minimum atomic E-state index is -0.163. The number of pyridine rings is 1. The molecule has 0 saturated carbocycles. The highest BCUT2D eigenvalue weighted by Crippen LogP contribution is 2.15. The summed E-state index contributed by atoms with van der Waals surface area (Å²) < 4.78 is 15.9. The molecule has 0 radical (unpaired) electrons. The van der Waals surface area contributed by atoms with Crippen LogP contribution < -0.4 is 10.1 Å². The zero-order valence-corrected chi connectivity index (χ0v) is 11.8. The van der Waals surface area contributed by atoms with Gasteiger partial charge < -0.3 is 19.5 Å². The quantitative estimate of drug-likeness (QED) is 0.842. The highest BCUT2D eigenvalue weighted by atomic mass is 16.5. The summed E-state index contributed by atoms with van der Waals surface area (Å²) in [6.07, 6.45) is 2.44. The van der Waals surface area contributed by atoms with Gasteiger partial charge in [-0.1, -0.05) is 0 Å². The molecule has 20 heavy (non-hydrogen) atoms. The molecule has 1 aliphatic rings. The molecule has 1 aromatic heterocycles. The molecule has 1 fully saturated rings. The van der Waals surface area contributed by atoms with Crippen LogP contribution in [0.15, 0.2) is 18.3 Å². The summed E-state index contributed by atoms with van der Waals surface area (Å²) in [5, 5.41) is 2.85. The molecule has 2 unspecified atom stereocenters. The van der Waals surface area contributed by atoms with E-state index in [9.17, 15) is 4.79 Å². The molecule has 6 heteroatoms. The number of aromatic nitrogens is 1. The van der Waals surface area contributed by atoms with E-state index in [1.807, 2.05) is 6.92 Å². The van der Waals surface area contributed by atoms with Gasteiger partial charge in [-0.05, 0) is 13.0 Å². The Labute approximate surface area is 118 Å². The summed E-state index contributed by atoms with van der Waals surface area (Å²) in [6.45, 7) is 3.64. The van der Waals surface area contributed by atoms with Gasteiger partial charge in [0.25, 0.3) is 5.91 Å². The SMILES string of the molecule is COCC(C)NC(=O)c1ccnc(OC2CCOC2)c1. The van der Waals surface area contributed by atoms with Crippen LogP contribution in [0.1, 0.15) is 23.7 Å². The molecule has 0 spiro atoms. The summed E-state index contributed by atoms with van der Waals surface area (Å²) in [5.74, 6) is 0.289. The molecule has 0 aromatic carbocycles. The highest BCUT2D eigenvalue weighted by molar-refractivity contribution is 5.94. The topological polar surface area (TPSA) is 69.7 Å². The summed E-state index contributed by atoms with van der Waals surface area (Å²) in [7, 11) is 1.60. The lowest BCUT2D eigenvalue weighted by Crippen LogP contribution is -2.35. The number of hydrogen-bond donors (Lipinski definition) is 1. The van der Waals surface area contributed by atoms with Crippen molar-refractivity contribution in [1.82, 2.24) is 10.3 Å². The number of rotatable bonds is 6. The molecule has 0 bridgehead atoms. The van der Waals surface area contributed by atoms with Gasteiger partial charge in [-0.3, -0.25) is 4.79 Å². The predicted molar refractivity (Wildman–Crippen MR) is 72.9 cm³/mol. The molecule has 1 aliphatic heterocycles. The number of methoxy groups -OCH3 is 1. The predicted octanol–water partition coefficient (Wildman–Crippen LogP) is 1.01. The number of ether oxygens (including phenoxy) is 3. The molecule has 0 aliphatic carbocycles. The summed E-state index contributed by atoms with van der Waals surface area (Å²) in [4.78, 5) is 16.2. The fourth-order valence-electron chi connectivity index (χ4n) is 1.99. The lowest BCUT2D eigenvalue weighted by molar-refractivity contribution is 0.0904. The summed E-state index contributed by atoms with van der Waals surface area (Å²) in [6, 6.07) is 3.26. The van der Waals surface area contributed by atoms with Gasteiger partial charge in [-0.25, -0.2) is 4.98 Å². The second-order valence-electron chi connectivity index (χ2n) is 4.82. The maximum atomic E-state index is 12.0. The number of nitrogens with one attached hydrogen (secondary N) is 1. The van der Waals surface area contributed by atoms with Crippen molar-refractivity contribution in [3.63, 3.8) is 0 Å². The van der Waals surface area contributed by atoms with Crippen molar-refractivity contribution in [2.45, 2.75) is 25.5 Å². The second kappa shape index (κ2) is 7.21. The number of nitrogens with zero attached hydrogens (tertiary/aromatic N) is 1. The second-order valence-corrected chi connectivity index (χ2v) is 4.82. The smallest absolute Gasteiger partial charge is 0.251 e. The Morgan fingerprint density at radius 1 is 1.65 bits per heavy atom. The zero-order valence-electron chi connectivity index (χ0n) is 11.8. The molecule has 1 aromatic rings. The molecular formula is C14H20N2O4. The van der Waals surface area contributed by atoms with E-state index in [-0.39, 0.29) is 18.1 Å². The van der Waals surface area contributed by atoms with Gasteiger partial charge in [-0.15, -0.1) is 0 Å². The Kier molecular flexibility index (Phi) is 5.31. The van der Waals surface area contributed by atoms with Crippen LogP contribution in [0.25, 0.3) is 0 Å². The van der Waals surface area contributed by atoms with E-state index in [2.05, 4.69) is 10.3 Å². The molecule has 1 amide bonds. The van der Waals surface area contributed by atoms with E-state index in [0.29, 0.717) is 31.3 Å². The molecule has 2 rings (SSSR count). The molecule has 1 N–H and O–H groups in total. The van der Waals surface area contributed by atoms with Gasteiger partial charge in [0.2, 0.25) is 5.88 Å². The Balaban J connectivity index is 1.95. The van der Waals surface area contributed by atoms with Crippen LogP contribution in [0, 0.1) is 0 Å². The van der Waals surface area contributed by atoms with Crippen LogP contribution in [-0.4, -0.2) is 50.0 Å². The maximum Gasteiger partial charge on any atom is 0.251 e. The molecule has 2 atom stereocenters. The van der Waals surface area contributed by atoms with Crippen LogP contribution in [0.5, 0.6) is 5.88 Å². The van der Waals surface area contributed by atoms with Crippen molar-refractivity contribution in [3.8, 4) is 5.88 Å². The van der Waals surface area contributed by atoms with Crippen molar-refractivity contribution in [3.05, 3.63) is 23.9 Å². The first kappa shape index (κ1) is 14.7. The lowest BCUT2D eigenvalue weighted by atomic mass is 10.2. The van der Waals surface area contributed by atoms with Crippen LogP contribution in [0.3, 0.4) is 0 Å². The Morgan fingerprint density at radius 2 is 2.50 bits per heavy atom. The van der Waals surface area contributed by atoms with E-state index in [1.54, 1.807) is 25.4 Å². The molecular weight excluding hydrogens is 260 g/mol. The number of amides is 1. The Morgan fingerprint density at radius 3 is 3.20 bits per heavy atom. The van der Waals surface area contributed by atoms with E-state index >= 15 is 0 Å². The first-order chi connectivity index (χ1) is 9.69. The van der Waals surface area contributed by atoms with E-state index < -0.39 is 0 Å². The minimum absolute atomic E-state index is 0.0215. The Bertz CT molecular complexity index is 447. The van der Waals surface area contributed by atoms with Gasteiger partial charge in [0, 0.05) is 37.4 Å². The number of carbonyl (C=O) groups is 1. The average molecular weight is 280 g/mol. The molecule has 2 heterocycles. The van der Waals surface area contributed by atoms with E-state index in [0.717, 1.165) is 6.42 Å². The van der Waals surface area contributed by atoms with Gasteiger partial charge in [0.15, 0.2) is 0 Å². The zero-order chi connectivity index (χ0) is 14.4. The van der Waals surface area contributed by atoms with Crippen molar-refractivity contribution < 1.29 is 19.0 Å². The van der Waals surface area contributed by atoms with Gasteiger partial charge in [-0.2, -0.15) is 0 Å².